The smallest absolute Gasteiger partial charge is 0.315 e. The molecule has 3 heterocycles. The Hall–Kier alpha value is -3.41. The number of benzene rings is 2. The maximum atomic E-state index is 13.9. The highest BCUT2D eigenvalue weighted by atomic mass is 35.5. The van der Waals surface area contributed by atoms with Crippen LogP contribution in [0.15, 0.2) is 60.9 Å². The molecule has 1 saturated heterocycles. The van der Waals surface area contributed by atoms with Crippen LogP contribution in [0.1, 0.15) is 12.0 Å². The van der Waals surface area contributed by atoms with E-state index in [-0.39, 0.29) is 18.9 Å². The molecule has 3 amide bonds. The SMILES string of the molecule is N#CCCN1C(=O)N(c2cncc3ccccc23)C(=O)C2SC(c3cc(F)ccc3Cl)=CC21. The third-order valence-corrected chi connectivity index (χ3v) is 7.37. The van der Waals surface area contributed by atoms with E-state index in [1.807, 2.05) is 24.3 Å². The summed E-state index contributed by atoms with van der Waals surface area (Å²) in [6, 6.07) is 12.4. The minimum absolute atomic E-state index is 0.110. The van der Waals surface area contributed by atoms with Gasteiger partial charge in [-0.15, -0.1) is 11.8 Å². The number of urea groups is 1. The standard InChI is InChI=1S/C24H16ClFN4O2S/c25-18-7-6-15(26)10-17(18)21-11-19-22(33-21)23(31)30(24(32)29(19)9-3-8-27)20-13-28-12-14-4-1-2-5-16(14)20/h1-2,4-7,10-13,19,22H,3,9H2. The van der Waals surface area contributed by atoms with E-state index >= 15 is 0 Å². The molecule has 3 aromatic rings. The van der Waals surface area contributed by atoms with Crippen molar-refractivity contribution in [3.8, 4) is 6.07 Å². The van der Waals surface area contributed by atoms with Crippen molar-refractivity contribution in [3.05, 3.63) is 77.3 Å². The maximum absolute atomic E-state index is 13.9. The summed E-state index contributed by atoms with van der Waals surface area (Å²) in [5.41, 5.74) is 0.858. The molecule has 2 aliphatic heterocycles. The van der Waals surface area contributed by atoms with Gasteiger partial charge in [-0.2, -0.15) is 5.26 Å². The van der Waals surface area contributed by atoms with Crippen LogP contribution in [0.5, 0.6) is 0 Å². The summed E-state index contributed by atoms with van der Waals surface area (Å²) in [6.07, 6.45) is 5.05. The minimum Gasteiger partial charge on any atom is -0.315 e. The van der Waals surface area contributed by atoms with Crippen molar-refractivity contribution in [2.24, 2.45) is 0 Å². The van der Waals surface area contributed by atoms with Gasteiger partial charge in [-0.1, -0.05) is 35.9 Å². The number of anilines is 1. The molecule has 0 bridgehead atoms. The Morgan fingerprint density at radius 1 is 1.18 bits per heavy atom. The van der Waals surface area contributed by atoms with Crippen molar-refractivity contribution >= 4 is 56.7 Å². The Labute approximate surface area is 198 Å². The van der Waals surface area contributed by atoms with E-state index in [0.717, 1.165) is 15.7 Å². The Balaban J connectivity index is 1.59. The first-order chi connectivity index (χ1) is 16.0. The lowest BCUT2D eigenvalue weighted by molar-refractivity contribution is -0.119. The number of rotatable bonds is 4. The lowest BCUT2D eigenvalue weighted by atomic mass is 10.0. The number of amides is 3. The molecular weight excluding hydrogens is 463 g/mol. The molecule has 0 N–H and O–H groups in total. The molecule has 2 aliphatic rings. The molecule has 9 heteroatoms. The molecular formula is C24H16ClFN4O2S. The van der Waals surface area contributed by atoms with Crippen molar-refractivity contribution < 1.29 is 14.0 Å². The molecule has 1 fully saturated rings. The molecule has 5 rings (SSSR count). The van der Waals surface area contributed by atoms with E-state index in [0.29, 0.717) is 21.2 Å². The van der Waals surface area contributed by atoms with Gasteiger partial charge in [0, 0.05) is 39.0 Å². The second-order valence-electron chi connectivity index (χ2n) is 7.62. The Morgan fingerprint density at radius 3 is 2.82 bits per heavy atom. The molecule has 0 radical (unpaired) electrons. The number of hydrogen-bond acceptors (Lipinski definition) is 5. The van der Waals surface area contributed by atoms with Gasteiger partial charge in [0.15, 0.2) is 0 Å². The van der Waals surface area contributed by atoms with E-state index in [2.05, 4.69) is 11.1 Å². The third kappa shape index (κ3) is 3.63. The fraction of sp³-hybridized carbons (Fsp3) is 0.167. The van der Waals surface area contributed by atoms with Crippen LogP contribution < -0.4 is 4.90 Å². The predicted octanol–water partition coefficient (Wildman–Crippen LogP) is 5.23. The Bertz CT molecular complexity index is 1370. The predicted molar refractivity (Wildman–Crippen MR) is 126 cm³/mol. The molecule has 2 aromatic carbocycles. The number of halogens is 2. The fourth-order valence-corrected chi connectivity index (χ4v) is 5.80. The summed E-state index contributed by atoms with van der Waals surface area (Å²) in [7, 11) is 0. The number of pyridine rings is 1. The number of fused-ring (bicyclic) bond motifs is 2. The number of imide groups is 1. The minimum atomic E-state index is -0.658. The van der Waals surface area contributed by atoms with Crippen molar-refractivity contribution in [2.75, 3.05) is 11.4 Å². The van der Waals surface area contributed by atoms with Crippen LogP contribution in [0.4, 0.5) is 14.9 Å². The van der Waals surface area contributed by atoms with Gasteiger partial charge >= 0.3 is 6.03 Å². The molecule has 1 aromatic heterocycles. The maximum Gasteiger partial charge on any atom is 0.332 e. The lowest BCUT2D eigenvalue weighted by Gasteiger charge is -2.41. The number of carbonyl (C=O) groups excluding carboxylic acids is 2. The Morgan fingerprint density at radius 2 is 2.00 bits per heavy atom. The lowest BCUT2D eigenvalue weighted by Crippen LogP contribution is -2.62. The first kappa shape index (κ1) is 21.4. The van der Waals surface area contributed by atoms with Crippen molar-refractivity contribution in [1.29, 1.82) is 5.26 Å². The van der Waals surface area contributed by atoms with Crippen LogP contribution in [-0.2, 0) is 4.79 Å². The van der Waals surface area contributed by atoms with Gasteiger partial charge in [0.25, 0.3) is 5.91 Å². The quantitative estimate of drug-likeness (QED) is 0.512. The number of thioether (sulfide) groups is 1. The van der Waals surface area contributed by atoms with Crippen molar-refractivity contribution in [3.63, 3.8) is 0 Å². The highest BCUT2D eigenvalue weighted by Crippen LogP contribution is 2.47. The summed E-state index contributed by atoms with van der Waals surface area (Å²) >= 11 is 7.54. The molecule has 2 atom stereocenters. The second kappa shape index (κ2) is 8.50. The number of carbonyl (C=O) groups is 2. The largest absolute Gasteiger partial charge is 0.332 e. The molecule has 33 heavy (non-hydrogen) atoms. The highest BCUT2D eigenvalue weighted by Gasteiger charge is 2.50. The first-order valence-electron chi connectivity index (χ1n) is 10.2. The van der Waals surface area contributed by atoms with E-state index in [9.17, 15) is 14.0 Å². The van der Waals surface area contributed by atoms with Crippen LogP contribution in [0, 0.1) is 17.1 Å². The van der Waals surface area contributed by atoms with Gasteiger partial charge in [0.05, 0.1) is 30.4 Å². The van der Waals surface area contributed by atoms with Crippen molar-refractivity contribution in [2.45, 2.75) is 17.7 Å². The summed E-state index contributed by atoms with van der Waals surface area (Å²) in [5.74, 6) is -0.835. The topological polar surface area (TPSA) is 77.3 Å². The summed E-state index contributed by atoms with van der Waals surface area (Å²) in [4.78, 5) is 34.7. The van der Waals surface area contributed by atoms with E-state index in [4.69, 9.17) is 16.9 Å². The van der Waals surface area contributed by atoms with Gasteiger partial charge in [-0.05, 0) is 24.3 Å². The van der Waals surface area contributed by atoms with E-state index in [1.54, 1.807) is 12.3 Å². The van der Waals surface area contributed by atoms with E-state index in [1.165, 1.54) is 41.1 Å². The number of hydrogen-bond donors (Lipinski definition) is 0. The average molecular weight is 479 g/mol. The third-order valence-electron chi connectivity index (χ3n) is 5.69. The number of nitrogens with zero attached hydrogens (tertiary/aromatic N) is 4. The zero-order valence-electron chi connectivity index (χ0n) is 17.1. The van der Waals surface area contributed by atoms with Gasteiger partial charge < -0.3 is 4.90 Å². The normalized spacial score (nSPS) is 20.1. The monoisotopic (exact) mass is 478 g/mol. The molecule has 0 spiro atoms. The van der Waals surface area contributed by atoms with Crippen LogP contribution in [0.3, 0.4) is 0 Å². The summed E-state index contributed by atoms with van der Waals surface area (Å²) < 4.78 is 13.9. The molecule has 164 valence electrons. The van der Waals surface area contributed by atoms with Crippen LogP contribution in [0.2, 0.25) is 5.02 Å². The molecule has 0 aliphatic carbocycles. The molecule has 0 saturated carbocycles. The summed E-state index contributed by atoms with van der Waals surface area (Å²) in [5, 5.41) is 10.4. The second-order valence-corrected chi connectivity index (χ2v) is 9.21. The van der Waals surface area contributed by atoms with Crippen LogP contribution >= 0.6 is 23.4 Å². The van der Waals surface area contributed by atoms with Crippen molar-refractivity contribution in [1.82, 2.24) is 9.88 Å². The van der Waals surface area contributed by atoms with Crippen LogP contribution in [-0.4, -0.2) is 39.7 Å². The number of aromatic nitrogens is 1. The summed E-state index contributed by atoms with van der Waals surface area (Å²) in [6.45, 7) is 0.152. The van der Waals surface area contributed by atoms with Gasteiger partial charge in [-0.25, -0.2) is 14.1 Å². The molecule has 2 unspecified atom stereocenters. The fourth-order valence-electron chi connectivity index (χ4n) is 4.17. The number of nitriles is 1. The average Bonchev–Trinajstić information content (AvgIpc) is 3.26. The molecule has 6 nitrogen and oxygen atoms in total. The van der Waals surface area contributed by atoms with Gasteiger partial charge in [0.2, 0.25) is 0 Å². The van der Waals surface area contributed by atoms with Crippen LogP contribution in [0.25, 0.3) is 15.7 Å². The van der Waals surface area contributed by atoms with Gasteiger partial charge in [-0.3, -0.25) is 9.78 Å². The zero-order chi connectivity index (χ0) is 23.1. The Kier molecular flexibility index (Phi) is 5.52. The van der Waals surface area contributed by atoms with Gasteiger partial charge in [0.1, 0.15) is 11.1 Å². The van der Waals surface area contributed by atoms with E-state index < -0.39 is 23.1 Å². The zero-order valence-corrected chi connectivity index (χ0v) is 18.7. The first-order valence-corrected chi connectivity index (χ1v) is 11.4. The highest BCUT2D eigenvalue weighted by molar-refractivity contribution is 8.09.